The first-order valence-electron chi connectivity index (χ1n) is 6.53. The number of nitrogens with two attached hydrogens (primary N) is 1. The van der Waals surface area contributed by atoms with Crippen LogP contribution in [0.4, 0.5) is 10.1 Å². The Kier molecular flexibility index (Phi) is 4.14. The third kappa shape index (κ3) is 3.12. The van der Waals surface area contributed by atoms with Crippen LogP contribution in [-0.2, 0) is 10.0 Å². The average Bonchev–Trinajstić information content (AvgIpc) is 2.37. The molecule has 3 N–H and O–H groups in total. The predicted octanol–water partition coefficient (Wildman–Crippen LogP) is 0.952. The number of ether oxygens (including phenoxy) is 1. The number of rotatable bonds is 3. The van der Waals surface area contributed by atoms with Crippen LogP contribution in [0.25, 0.3) is 0 Å². The highest BCUT2D eigenvalue weighted by molar-refractivity contribution is 7.89. The number of aliphatic hydroxyl groups is 1. The maximum Gasteiger partial charge on any atom is 0.243 e. The van der Waals surface area contributed by atoms with Gasteiger partial charge in [-0.1, -0.05) is 0 Å². The van der Waals surface area contributed by atoms with Gasteiger partial charge in [-0.05, 0) is 31.9 Å². The van der Waals surface area contributed by atoms with Crippen molar-refractivity contribution in [2.45, 2.75) is 30.3 Å². The number of piperidine rings is 1. The van der Waals surface area contributed by atoms with Crippen molar-refractivity contribution >= 4 is 15.7 Å². The summed E-state index contributed by atoms with van der Waals surface area (Å²) in [5.41, 5.74) is 4.68. The van der Waals surface area contributed by atoms with Gasteiger partial charge in [0.25, 0.3) is 0 Å². The van der Waals surface area contributed by atoms with E-state index in [1.165, 1.54) is 17.5 Å². The van der Waals surface area contributed by atoms with Gasteiger partial charge in [0.15, 0.2) is 11.6 Å². The molecule has 0 spiro atoms. The van der Waals surface area contributed by atoms with Crippen LogP contribution in [0.2, 0.25) is 0 Å². The second-order valence-electron chi connectivity index (χ2n) is 5.43. The van der Waals surface area contributed by atoms with Crippen LogP contribution in [0.15, 0.2) is 17.0 Å². The lowest BCUT2D eigenvalue weighted by molar-refractivity contribution is 0.0126. The molecule has 0 unspecified atom stereocenters. The lowest BCUT2D eigenvalue weighted by Crippen LogP contribution is -2.45. The predicted molar refractivity (Wildman–Crippen MR) is 76.0 cm³/mol. The number of hydrogen-bond donors (Lipinski definition) is 2. The largest absolute Gasteiger partial charge is 0.492 e. The van der Waals surface area contributed by atoms with E-state index in [2.05, 4.69) is 0 Å². The summed E-state index contributed by atoms with van der Waals surface area (Å²) in [6.07, 6.45) is 0.667. The summed E-state index contributed by atoms with van der Waals surface area (Å²) >= 11 is 0. The lowest BCUT2D eigenvalue weighted by Gasteiger charge is -2.35. The molecule has 0 aromatic heterocycles. The van der Waals surface area contributed by atoms with Gasteiger partial charge in [-0.3, -0.25) is 0 Å². The maximum absolute atomic E-state index is 13.8. The number of sulfonamides is 1. The van der Waals surface area contributed by atoms with Crippen LogP contribution in [0.5, 0.6) is 5.75 Å². The number of benzene rings is 1. The van der Waals surface area contributed by atoms with Crippen LogP contribution in [-0.4, -0.2) is 43.6 Å². The van der Waals surface area contributed by atoms with Crippen molar-refractivity contribution in [2.75, 3.05) is 25.9 Å². The Balaban J connectivity index is 2.33. The average molecular weight is 318 g/mol. The fourth-order valence-electron chi connectivity index (χ4n) is 2.31. The van der Waals surface area contributed by atoms with E-state index in [-0.39, 0.29) is 29.4 Å². The van der Waals surface area contributed by atoms with Gasteiger partial charge in [0, 0.05) is 13.1 Å². The van der Waals surface area contributed by atoms with Gasteiger partial charge in [0.05, 0.1) is 23.3 Å². The molecule has 1 aromatic rings. The Labute approximate surface area is 123 Å². The Morgan fingerprint density at radius 3 is 2.43 bits per heavy atom. The summed E-state index contributed by atoms with van der Waals surface area (Å²) in [7, 11) is -2.58. The molecule has 0 saturated carbocycles. The molecule has 2 rings (SSSR count). The third-order valence-electron chi connectivity index (χ3n) is 3.69. The van der Waals surface area contributed by atoms with Crippen LogP contribution >= 0.6 is 0 Å². The van der Waals surface area contributed by atoms with Crippen molar-refractivity contribution in [1.82, 2.24) is 4.31 Å². The highest BCUT2D eigenvalue weighted by Gasteiger charge is 2.34. The standard InChI is InChI=1S/C13H19FN2O4S/c1-13(17)3-5-16(6-4-13)21(18,19)9-7-10(14)12(20-2)11(15)8-9/h7-8,17H,3-6,15H2,1-2H3. The lowest BCUT2D eigenvalue weighted by atomic mass is 9.95. The monoisotopic (exact) mass is 318 g/mol. The van der Waals surface area contributed by atoms with Gasteiger partial charge in [-0.25, -0.2) is 12.8 Å². The fraction of sp³-hybridized carbons (Fsp3) is 0.538. The summed E-state index contributed by atoms with van der Waals surface area (Å²) in [5, 5.41) is 9.87. The molecule has 1 aliphatic rings. The molecular weight excluding hydrogens is 299 g/mol. The molecule has 8 heteroatoms. The molecule has 0 bridgehead atoms. The van der Waals surface area contributed by atoms with E-state index < -0.39 is 21.4 Å². The smallest absolute Gasteiger partial charge is 0.243 e. The molecule has 1 aromatic carbocycles. The minimum absolute atomic E-state index is 0.0694. The zero-order valence-electron chi connectivity index (χ0n) is 12.0. The molecule has 1 fully saturated rings. The highest BCUT2D eigenvalue weighted by atomic mass is 32.2. The van der Waals surface area contributed by atoms with Gasteiger partial charge >= 0.3 is 0 Å². The first-order chi connectivity index (χ1) is 9.67. The van der Waals surface area contributed by atoms with Gasteiger partial charge in [0.1, 0.15) is 0 Å². The minimum atomic E-state index is -3.84. The fourth-order valence-corrected chi connectivity index (χ4v) is 3.80. The van der Waals surface area contributed by atoms with E-state index in [0.29, 0.717) is 12.8 Å². The molecule has 6 nitrogen and oxygen atoms in total. The normalized spacial score (nSPS) is 19.4. The molecule has 0 atom stereocenters. The second kappa shape index (κ2) is 5.43. The first-order valence-corrected chi connectivity index (χ1v) is 7.97. The molecule has 1 aliphatic heterocycles. The summed E-state index contributed by atoms with van der Waals surface area (Å²) in [6.45, 7) is 2.04. The van der Waals surface area contributed by atoms with Gasteiger partial charge in [0.2, 0.25) is 10.0 Å². The number of hydrogen-bond acceptors (Lipinski definition) is 5. The molecule has 0 aliphatic carbocycles. The van der Waals surface area contributed by atoms with Crippen LogP contribution in [0, 0.1) is 5.82 Å². The van der Waals surface area contributed by atoms with Crippen molar-refractivity contribution in [3.63, 3.8) is 0 Å². The van der Waals surface area contributed by atoms with E-state index in [9.17, 15) is 17.9 Å². The number of nitrogens with zero attached hydrogens (tertiary/aromatic N) is 1. The number of methoxy groups -OCH3 is 1. The summed E-state index contributed by atoms with van der Waals surface area (Å²) < 4.78 is 44.8. The van der Waals surface area contributed by atoms with E-state index >= 15 is 0 Å². The Morgan fingerprint density at radius 1 is 1.38 bits per heavy atom. The Hall–Kier alpha value is -1.38. The molecular formula is C13H19FN2O4S. The van der Waals surface area contributed by atoms with Crippen molar-refractivity contribution in [2.24, 2.45) is 0 Å². The van der Waals surface area contributed by atoms with Crippen LogP contribution in [0.1, 0.15) is 19.8 Å². The summed E-state index contributed by atoms with van der Waals surface area (Å²) in [5.74, 6) is -0.990. The Bertz CT molecular complexity index is 613. The molecule has 118 valence electrons. The van der Waals surface area contributed by atoms with Crippen LogP contribution < -0.4 is 10.5 Å². The molecule has 0 amide bonds. The topological polar surface area (TPSA) is 92.9 Å². The molecule has 21 heavy (non-hydrogen) atoms. The van der Waals surface area contributed by atoms with E-state index in [0.717, 1.165) is 6.07 Å². The third-order valence-corrected chi connectivity index (χ3v) is 5.56. The van der Waals surface area contributed by atoms with E-state index in [1.807, 2.05) is 0 Å². The molecule has 0 radical (unpaired) electrons. The van der Waals surface area contributed by atoms with Crippen molar-refractivity contribution < 1.29 is 22.7 Å². The second-order valence-corrected chi connectivity index (χ2v) is 7.37. The number of halogens is 1. The van der Waals surface area contributed by atoms with Gasteiger partial charge in [-0.15, -0.1) is 0 Å². The zero-order chi connectivity index (χ0) is 15.8. The maximum atomic E-state index is 13.8. The Morgan fingerprint density at radius 2 is 1.95 bits per heavy atom. The van der Waals surface area contributed by atoms with Crippen molar-refractivity contribution in [1.29, 1.82) is 0 Å². The zero-order valence-corrected chi connectivity index (χ0v) is 12.8. The SMILES string of the molecule is COc1c(N)cc(S(=O)(=O)N2CCC(C)(O)CC2)cc1F. The van der Waals surface area contributed by atoms with Crippen molar-refractivity contribution in [3.8, 4) is 5.75 Å². The van der Waals surface area contributed by atoms with E-state index in [1.54, 1.807) is 6.92 Å². The minimum Gasteiger partial charge on any atom is -0.492 e. The quantitative estimate of drug-likeness (QED) is 0.810. The number of anilines is 1. The van der Waals surface area contributed by atoms with E-state index in [4.69, 9.17) is 10.5 Å². The molecule has 1 saturated heterocycles. The summed E-state index contributed by atoms with van der Waals surface area (Å²) in [6, 6.07) is 2.08. The van der Waals surface area contributed by atoms with Gasteiger partial charge < -0.3 is 15.6 Å². The van der Waals surface area contributed by atoms with Gasteiger partial charge in [-0.2, -0.15) is 4.31 Å². The number of nitrogen functional groups attached to an aromatic ring is 1. The molecule has 1 heterocycles. The van der Waals surface area contributed by atoms with Crippen LogP contribution in [0.3, 0.4) is 0 Å². The highest BCUT2D eigenvalue weighted by Crippen LogP contribution is 2.31. The summed E-state index contributed by atoms with van der Waals surface area (Å²) in [4.78, 5) is -0.208. The van der Waals surface area contributed by atoms with Crippen molar-refractivity contribution in [3.05, 3.63) is 17.9 Å². The first kappa shape index (κ1) is 16.0.